The highest BCUT2D eigenvalue weighted by atomic mass is 127. The van der Waals surface area contributed by atoms with Crippen molar-refractivity contribution < 1.29 is 23.9 Å². The second kappa shape index (κ2) is 10.7. The van der Waals surface area contributed by atoms with Crippen molar-refractivity contribution in [1.82, 2.24) is 9.80 Å². The number of carbonyl (C=O) groups excluding carboxylic acids is 3. The van der Waals surface area contributed by atoms with Crippen LogP contribution in [0.3, 0.4) is 0 Å². The molecule has 2 heterocycles. The van der Waals surface area contributed by atoms with Gasteiger partial charge in [-0.3, -0.25) is 19.3 Å². The third kappa shape index (κ3) is 5.17. The number of hydrogen-bond donors (Lipinski definition) is 0. The average Bonchev–Trinajstić information content (AvgIpc) is 3.11. The number of amides is 3. The molecule has 0 saturated carbocycles. The largest absolute Gasteiger partial charge is 0.493 e. The molecular weight excluding hydrogens is 569 g/mol. The number of halogens is 1. The van der Waals surface area contributed by atoms with Gasteiger partial charge >= 0.3 is 0 Å². The van der Waals surface area contributed by atoms with Crippen LogP contribution in [0.25, 0.3) is 6.08 Å². The molecule has 0 N–H and O–H groups in total. The van der Waals surface area contributed by atoms with Gasteiger partial charge in [0.05, 0.1) is 22.7 Å². The zero-order valence-corrected chi connectivity index (χ0v) is 21.8. The van der Waals surface area contributed by atoms with E-state index in [9.17, 15) is 14.4 Å². The number of methoxy groups -OCH3 is 2. The number of carbonyl (C=O) groups is 3. The van der Waals surface area contributed by atoms with Crippen LogP contribution in [0.2, 0.25) is 0 Å². The molecule has 8 nitrogen and oxygen atoms in total. The first-order valence-corrected chi connectivity index (χ1v) is 12.6. The number of benzene rings is 2. The van der Waals surface area contributed by atoms with Crippen molar-refractivity contribution in [2.45, 2.75) is 0 Å². The van der Waals surface area contributed by atoms with Crippen molar-refractivity contribution in [3.8, 4) is 11.5 Å². The topological polar surface area (TPSA) is 79.4 Å². The van der Waals surface area contributed by atoms with Crippen molar-refractivity contribution in [3.63, 3.8) is 0 Å². The number of ether oxygens (including phenoxy) is 2. The van der Waals surface area contributed by atoms with E-state index in [4.69, 9.17) is 9.47 Å². The molecule has 4 rings (SSSR count). The van der Waals surface area contributed by atoms with Crippen LogP contribution in [0.4, 0.5) is 10.5 Å². The molecule has 0 bridgehead atoms. The minimum Gasteiger partial charge on any atom is -0.493 e. The van der Waals surface area contributed by atoms with Crippen LogP contribution in [0.15, 0.2) is 47.4 Å². The van der Waals surface area contributed by atoms with Gasteiger partial charge in [-0.05, 0) is 70.3 Å². The van der Waals surface area contributed by atoms with Crippen LogP contribution in [0, 0.1) is 3.57 Å². The zero-order chi connectivity index (χ0) is 24.2. The quantitative estimate of drug-likeness (QED) is 0.374. The normalized spacial score (nSPS) is 17.5. The second-order valence-corrected chi connectivity index (χ2v) is 9.86. The van der Waals surface area contributed by atoms with Crippen molar-refractivity contribution in [1.29, 1.82) is 0 Å². The Morgan fingerprint density at radius 2 is 1.76 bits per heavy atom. The fraction of sp³-hybridized carbons (Fsp3) is 0.292. The molecule has 0 aromatic heterocycles. The molecular formula is C24H24IN3O5S. The van der Waals surface area contributed by atoms with E-state index >= 15 is 0 Å². The average molecular weight is 593 g/mol. The van der Waals surface area contributed by atoms with Gasteiger partial charge in [-0.15, -0.1) is 0 Å². The Labute approximate surface area is 216 Å². The van der Waals surface area contributed by atoms with Crippen molar-refractivity contribution in [2.24, 2.45) is 0 Å². The van der Waals surface area contributed by atoms with Gasteiger partial charge in [-0.25, -0.2) is 0 Å². The molecule has 0 aliphatic carbocycles. The monoisotopic (exact) mass is 593 g/mol. The second-order valence-electron chi connectivity index (χ2n) is 7.71. The first-order valence-electron chi connectivity index (χ1n) is 10.7. The number of para-hydroxylation sites is 1. The first-order chi connectivity index (χ1) is 16.4. The Hall–Kier alpha value is -2.73. The number of rotatable bonds is 6. The predicted octanol–water partition coefficient (Wildman–Crippen LogP) is 3.69. The summed E-state index contributed by atoms with van der Waals surface area (Å²) in [5.41, 5.74) is 1.83. The lowest BCUT2D eigenvalue weighted by atomic mass is 10.2. The summed E-state index contributed by atoms with van der Waals surface area (Å²) < 4.78 is 11.5. The molecule has 178 valence electrons. The summed E-state index contributed by atoms with van der Waals surface area (Å²) in [4.78, 5) is 43.5. The van der Waals surface area contributed by atoms with E-state index < -0.39 is 11.1 Å². The molecule has 2 aromatic rings. The molecule has 2 fully saturated rings. The molecule has 2 aliphatic heterocycles. The van der Waals surface area contributed by atoms with E-state index in [1.54, 1.807) is 24.2 Å². The molecule has 0 unspecified atom stereocenters. The standard InChI is InChI=1S/C24H24IN3O5S/c1-32-19-13-16(12-18(25)22(19)33-2)14-20-23(30)28(24(31)34-20)15-21(29)27-10-8-26(9-11-27)17-6-4-3-5-7-17/h3-7,12-14H,8-11,15H2,1-2H3/b20-14+. The number of nitrogens with zero attached hydrogens (tertiary/aromatic N) is 3. The fourth-order valence-corrected chi connectivity index (χ4v) is 5.58. The van der Waals surface area contributed by atoms with E-state index in [0.29, 0.717) is 43.2 Å². The van der Waals surface area contributed by atoms with Crippen LogP contribution < -0.4 is 14.4 Å². The third-order valence-electron chi connectivity index (χ3n) is 5.67. The van der Waals surface area contributed by atoms with Crippen LogP contribution >= 0.6 is 34.4 Å². The summed E-state index contributed by atoms with van der Waals surface area (Å²) in [5.74, 6) is 0.448. The van der Waals surface area contributed by atoms with Gasteiger partial charge in [0.1, 0.15) is 6.54 Å². The van der Waals surface area contributed by atoms with Gasteiger partial charge in [-0.1, -0.05) is 18.2 Å². The number of piperazine rings is 1. The van der Waals surface area contributed by atoms with E-state index in [1.165, 1.54) is 7.11 Å². The van der Waals surface area contributed by atoms with Crippen LogP contribution in [0.5, 0.6) is 11.5 Å². The lowest BCUT2D eigenvalue weighted by molar-refractivity contribution is -0.136. The molecule has 10 heteroatoms. The Morgan fingerprint density at radius 1 is 1.06 bits per heavy atom. The molecule has 3 amide bonds. The number of anilines is 1. The van der Waals surface area contributed by atoms with E-state index in [1.807, 2.05) is 36.4 Å². The lowest BCUT2D eigenvalue weighted by Crippen LogP contribution is -2.51. The lowest BCUT2D eigenvalue weighted by Gasteiger charge is -2.36. The summed E-state index contributed by atoms with van der Waals surface area (Å²) >= 11 is 2.96. The van der Waals surface area contributed by atoms with Crippen LogP contribution in [-0.2, 0) is 9.59 Å². The summed E-state index contributed by atoms with van der Waals surface area (Å²) in [7, 11) is 3.10. The minimum absolute atomic E-state index is 0.225. The van der Waals surface area contributed by atoms with E-state index in [0.717, 1.165) is 25.9 Å². The highest BCUT2D eigenvalue weighted by molar-refractivity contribution is 14.1. The molecule has 2 aliphatic rings. The molecule has 2 saturated heterocycles. The highest BCUT2D eigenvalue weighted by Crippen LogP contribution is 2.37. The number of thioether (sulfide) groups is 1. The minimum atomic E-state index is -0.462. The van der Waals surface area contributed by atoms with Gasteiger partial charge in [0.25, 0.3) is 11.1 Å². The summed E-state index contributed by atoms with van der Waals surface area (Å²) in [5, 5.41) is -0.442. The van der Waals surface area contributed by atoms with E-state index in [-0.39, 0.29) is 17.4 Å². The van der Waals surface area contributed by atoms with Crippen molar-refractivity contribution in [2.75, 3.05) is 51.8 Å². The van der Waals surface area contributed by atoms with Crippen LogP contribution in [0.1, 0.15) is 5.56 Å². The van der Waals surface area contributed by atoms with Gasteiger partial charge < -0.3 is 19.3 Å². The smallest absolute Gasteiger partial charge is 0.294 e. The Bertz CT molecular complexity index is 1130. The van der Waals surface area contributed by atoms with Crippen molar-refractivity contribution in [3.05, 3.63) is 56.5 Å². The summed E-state index contributed by atoms with van der Waals surface area (Å²) in [6, 6.07) is 13.6. The maximum Gasteiger partial charge on any atom is 0.294 e. The van der Waals surface area contributed by atoms with Gasteiger partial charge in [-0.2, -0.15) is 0 Å². The maximum absolute atomic E-state index is 12.9. The molecule has 34 heavy (non-hydrogen) atoms. The number of imide groups is 1. The third-order valence-corrected chi connectivity index (χ3v) is 7.38. The molecule has 0 radical (unpaired) electrons. The Kier molecular flexibility index (Phi) is 7.67. The Morgan fingerprint density at radius 3 is 2.41 bits per heavy atom. The number of hydrogen-bond acceptors (Lipinski definition) is 7. The van der Waals surface area contributed by atoms with Gasteiger partial charge in [0.15, 0.2) is 11.5 Å². The zero-order valence-electron chi connectivity index (χ0n) is 18.8. The molecule has 0 spiro atoms. The van der Waals surface area contributed by atoms with Crippen molar-refractivity contribution >= 4 is 63.2 Å². The fourth-order valence-electron chi connectivity index (χ4n) is 3.90. The first kappa shape index (κ1) is 24.4. The molecule has 0 atom stereocenters. The predicted molar refractivity (Wildman–Crippen MR) is 140 cm³/mol. The van der Waals surface area contributed by atoms with Gasteiger partial charge in [0, 0.05) is 31.9 Å². The maximum atomic E-state index is 12.9. The summed E-state index contributed by atoms with van der Waals surface area (Å²) in [6.45, 7) is 2.25. The van der Waals surface area contributed by atoms with E-state index in [2.05, 4.69) is 27.5 Å². The Balaban J connectivity index is 1.40. The van der Waals surface area contributed by atoms with Crippen LogP contribution in [-0.4, -0.2) is 73.8 Å². The van der Waals surface area contributed by atoms with Gasteiger partial charge in [0.2, 0.25) is 5.91 Å². The SMILES string of the molecule is COc1cc(/C=C2/SC(=O)N(CC(=O)N3CCN(c4ccccc4)CC3)C2=O)cc(I)c1OC. The highest BCUT2D eigenvalue weighted by Gasteiger charge is 2.37. The molecule has 2 aromatic carbocycles. The summed E-state index contributed by atoms with van der Waals surface area (Å²) in [6.07, 6.45) is 1.64.